The average Bonchev–Trinajstić information content (AvgIpc) is 3.19. The van der Waals surface area contributed by atoms with Gasteiger partial charge in [0.15, 0.2) is 0 Å². The molecule has 2 aromatic rings. The van der Waals surface area contributed by atoms with Crippen LogP contribution in [0.4, 0.5) is 4.39 Å². The largest absolute Gasteiger partial charge is 0.337 e. The summed E-state index contributed by atoms with van der Waals surface area (Å²) in [7, 11) is 0. The predicted molar refractivity (Wildman–Crippen MR) is 103 cm³/mol. The van der Waals surface area contributed by atoms with Crippen LogP contribution in [-0.2, 0) is 6.42 Å². The van der Waals surface area contributed by atoms with Crippen LogP contribution in [-0.4, -0.2) is 53.4 Å². The number of benzene rings is 1. The van der Waals surface area contributed by atoms with Gasteiger partial charge in [0.1, 0.15) is 11.5 Å². The number of carbonyl (C=O) groups is 1. The summed E-state index contributed by atoms with van der Waals surface area (Å²) in [5.74, 6) is 0.350. The van der Waals surface area contributed by atoms with E-state index in [0.29, 0.717) is 18.2 Å². The molecule has 1 atom stereocenters. The van der Waals surface area contributed by atoms with E-state index in [9.17, 15) is 9.18 Å². The summed E-state index contributed by atoms with van der Waals surface area (Å²) in [6.45, 7) is 6.52. The minimum atomic E-state index is -0.168. The first-order valence-corrected chi connectivity index (χ1v) is 10.2. The van der Waals surface area contributed by atoms with Gasteiger partial charge in [0.25, 0.3) is 5.91 Å². The van der Waals surface area contributed by atoms with E-state index in [2.05, 4.69) is 9.88 Å². The Labute approximate surface area is 158 Å². The second-order valence-electron chi connectivity index (χ2n) is 6.91. The van der Waals surface area contributed by atoms with Gasteiger partial charge in [-0.25, -0.2) is 9.37 Å². The van der Waals surface area contributed by atoms with Crippen molar-refractivity contribution < 1.29 is 9.18 Å². The van der Waals surface area contributed by atoms with Crippen molar-refractivity contribution >= 4 is 17.2 Å². The zero-order valence-electron chi connectivity index (χ0n) is 15.2. The van der Waals surface area contributed by atoms with Crippen molar-refractivity contribution in [2.75, 3.05) is 32.7 Å². The number of carbonyl (C=O) groups excluding carboxylic acids is 1. The fourth-order valence-corrected chi connectivity index (χ4v) is 4.16. The number of likely N-dealkylation sites (tertiary alicyclic amines) is 1. The Morgan fingerprint density at radius 3 is 3.08 bits per heavy atom. The zero-order chi connectivity index (χ0) is 18.4. The first kappa shape index (κ1) is 19.0. The highest BCUT2D eigenvalue weighted by Crippen LogP contribution is 2.19. The maximum absolute atomic E-state index is 13.3. The van der Waals surface area contributed by atoms with Crippen molar-refractivity contribution in [3.05, 3.63) is 52.2 Å². The maximum Gasteiger partial charge on any atom is 0.273 e. The molecule has 2 heterocycles. The molecule has 1 fully saturated rings. The molecule has 0 radical (unpaired) electrons. The maximum atomic E-state index is 13.3. The molecule has 0 bridgehead atoms. The van der Waals surface area contributed by atoms with Crippen LogP contribution in [0.3, 0.4) is 0 Å². The minimum absolute atomic E-state index is 0.0330. The molecule has 4 nitrogen and oxygen atoms in total. The Morgan fingerprint density at radius 1 is 1.46 bits per heavy atom. The molecule has 0 unspecified atom stereocenters. The zero-order valence-corrected chi connectivity index (χ0v) is 16.1. The van der Waals surface area contributed by atoms with Crippen molar-refractivity contribution in [1.29, 1.82) is 0 Å². The molecule has 0 aliphatic carbocycles. The van der Waals surface area contributed by atoms with Gasteiger partial charge in [0.05, 0.1) is 5.51 Å². The Balaban J connectivity index is 1.51. The number of nitrogens with zero attached hydrogens (tertiary/aromatic N) is 3. The highest BCUT2D eigenvalue weighted by atomic mass is 32.1. The Bertz CT molecular complexity index is 707. The number of amides is 1. The molecule has 3 rings (SSSR count). The van der Waals surface area contributed by atoms with E-state index in [0.717, 1.165) is 51.0 Å². The van der Waals surface area contributed by atoms with E-state index in [4.69, 9.17) is 0 Å². The minimum Gasteiger partial charge on any atom is -0.337 e. The van der Waals surface area contributed by atoms with Crippen LogP contribution < -0.4 is 0 Å². The van der Waals surface area contributed by atoms with E-state index in [-0.39, 0.29) is 11.7 Å². The third-order valence-corrected chi connectivity index (χ3v) is 5.59. The molecule has 1 saturated heterocycles. The molecule has 0 saturated carbocycles. The predicted octanol–water partition coefficient (Wildman–Crippen LogP) is 3.70. The van der Waals surface area contributed by atoms with E-state index in [1.165, 1.54) is 17.4 Å². The molecule has 6 heteroatoms. The summed E-state index contributed by atoms with van der Waals surface area (Å²) in [6, 6.07) is 6.86. The second-order valence-corrected chi connectivity index (χ2v) is 7.62. The van der Waals surface area contributed by atoms with Crippen LogP contribution in [0.5, 0.6) is 0 Å². The van der Waals surface area contributed by atoms with Gasteiger partial charge in [0, 0.05) is 31.6 Å². The molecule has 1 aliphatic heterocycles. The Morgan fingerprint density at radius 2 is 2.35 bits per heavy atom. The van der Waals surface area contributed by atoms with Gasteiger partial charge in [-0.1, -0.05) is 12.1 Å². The van der Waals surface area contributed by atoms with Crippen LogP contribution in [0.15, 0.2) is 35.2 Å². The number of thiazole rings is 1. The summed E-state index contributed by atoms with van der Waals surface area (Å²) in [5, 5.41) is 1.82. The Hall–Kier alpha value is -1.79. The molecule has 1 aliphatic rings. The molecule has 1 amide bonds. The molecule has 0 N–H and O–H groups in total. The van der Waals surface area contributed by atoms with Gasteiger partial charge >= 0.3 is 0 Å². The quantitative estimate of drug-likeness (QED) is 0.740. The van der Waals surface area contributed by atoms with Crippen molar-refractivity contribution in [2.45, 2.75) is 26.2 Å². The van der Waals surface area contributed by atoms with E-state index < -0.39 is 0 Å². The number of piperidine rings is 1. The molecular weight excluding hydrogens is 349 g/mol. The van der Waals surface area contributed by atoms with Gasteiger partial charge < -0.3 is 9.80 Å². The molecule has 1 aromatic heterocycles. The number of halogens is 1. The Kier molecular flexibility index (Phi) is 6.74. The number of hydrogen-bond acceptors (Lipinski definition) is 4. The monoisotopic (exact) mass is 375 g/mol. The van der Waals surface area contributed by atoms with E-state index in [1.54, 1.807) is 17.6 Å². The topological polar surface area (TPSA) is 36.4 Å². The van der Waals surface area contributed by atoms with Crippen LogP contribution >= 0.6 is 11.3 Å². The second kappa shape index (κ2) is 9.24. The van der Waals surface area contributed by atoms with Crippen LogP contribution in [0.25, 0.3) is 0 Å². The van der Waals surface area contributed by atoms with E-state index >= 15 is 0 Å². The van der Waals surface area contributed by atoms with Gasteiger partial charge in [-0.3, -0.25) is 4.79 Å². The molecular formula is C20H26FN3OS. The molecule has 0 spiro atoms. The fraction of sp³-hybridized carbons (Fsp3) is 0.500. The van der Waals surface area contributed by atoms with Crippen molar-refractivity contribution in [3.63, 3.8) is 0 Å². The molecule has 1 aromatic carbocycles. The summed E-state index contributed by atoms with van der Waals surface area (Å²) in [6.07, 6.45) is 3.16. The standard InChI is InChI=1S/C20H26FN3OS/c1-2-24(20(25)19-14-26-15-22-19)13-17-6-4-9-23(12-17)10-8-16-5-3-7-18(21)11-16/h3,5,7,11,14-15,17H,2,4,6,8-10,12-13H2,1H3/t17-/m0/s1. The lowest BCUT2D eigenvalue weighted by atomic mass is 9.96. The van der Waals surface area contributed by atoms with Crippen LogP contribution in [0, 0.1) is 11.7 Å². The third-order valence-electron chi connectivity index (χ3n) is 5.01. The summed E-state index contributed by atoms with van der Waals surface area (Å²) >= 11 is 1.45. The lowest BCUT2D eigenvalue weighted by Crippen LogP contribution is -2.43. The molecule has 26 heavy (non-hydrogen) atoms. The van der Waals surface area contributed by atoms with Gasteiger partial charge in [0.2, 0.25) is 0 Å². The van der Waals surface area contributed by atoms with Crippen LogP contribution in [0.2, 0.25) is 0 Å². The normalized spacial score (nSPS) is 18.0. The molecule has 140 valence electrons. The third kappa shape index (κ3) is 5.11. The van der Waals surface area contributed by atoms with Crippen molar-refractivity contribution in [1.82, 2.24) is 14.8 Å². The first-order valence-electron chi connectivity index (χ1n) is 9.30. The highest BCUT2D eigenvalue weighted by molar-refractivity contribution is 7.07. The van der Waals surface area contributed by atoms with E-state index in [1.807, 2.05) is 23.3 Å². The van der Waals surface area contributed by atoms with Crippen LogP contribution in [0.1, 0.15) is 35.8 Å². The lowest BCUT2D eigenvalue weighted by molar-refractivity contribution is 0.0686. The summed E-state index contributed by atoms with van der Waals surface area (Å²) in [4.78, 5) is 21.1. The number of aromatic nitrogens is 1. The van der Waals surface area contributed by atoms with Crippen molar-refractivity contribution in [2.24, 2.45) is 5.92 Å². The highest BCUT2D eigenvalue weighted by Gasteiger charge is 2.24. The number of hydrogen-bond donors (Lipinski definition) is 0. The summed E-state index contributed by atoms with van der Waals surface area (Å²) in [5.41, 5.74) is 3.30. The average molecular weight is 376 g/mol. The van der Waals surface area contributed by atoms with Gasteiger partial charge in [-0.2, -0.15) is 0 Å². The van der Waals surface area contributed by atoms with Gasteiger partial charge in [-0.05, 0) is 56.3 Å². The van der Waals surface area contributed by atoms with Crippen molar-refractivity contribution in [3.8, 4) is 0 Å². The number of rotatable bonds is 7. The first-order chi connectivity index (χ1) is 12.7. The van der Waals surface area contributed by atoms with Gasteiger partial charge in [-0.15, -0.1) is 11.3 Å². The smallest absolute Gasteiger partial charge is 0.273 e. The lowest BCUT2D eigenvalue weighted by Gasteiger charge is -2.35. The SMILES string of the molecule is CCN(C[C@H]1CCCN(CCc2cccc(F)c2)C1)C(=O)c1cscn1. The fourth-order valence-electron chi connectivity index (χ4n) is 3.63. The summed E-state index contributed by atoms with van der Waals surface area (Å²) < 4.78 is 13.3.